The summed E-state index contributed by atoms with van der Waals surface area (Å²) in [4.78, 5) is 0. The number of para-hydroxylation sites is 2. The number of benzene rings is 7. The fraction of sp³-hybridized carbons (Fsp3) is 0.0233. The van der Waals surface area contributed by atoms with E-state index in [0.29, 0.717) is 0 Å². The van der Waals surface area contributed by atoms with E-state index in [1.807, 2.05) is 12.1 Å². The minimum Gasteiger partial charge on any atom is -0.457 e. The first-order valence-corrected chi connectivity index (χ1v) is 15.4. The number of hydrogen-bond donors (Lipinski definition) is 0. The minimum atomic E-state index is -0.445. The van der Waals surface area contributed by atoms with Crippen LogP contribution in [0.4, 0.5) is 0 Å². The molecule has 8 aromatic rings. The molecule has 1 aromatic heterocycles. The van der Waals surface area contributed by atoms with Crippen molar-refractivity contribution in [1.29, 1.82) is 0 Å². The molecule has 0 fully saturated rings. The molecule has 1 aliphatic carbocycles. The van der Waals surface area contributed by atoms with Crippen LogP contribution < -0.4 is 4.74 Å². The second kappa shape index (κ2) is 9.07. The molecular formula is C43H26O2. The molecule has 1 aliphatic heterocycles. The Balaban J connectivity index is 1.13. The highest BCUT2D eigenvalue weighted by Crippen LogP contribution is 2.62. The van der Waals surface area contributed by atoms with Crippen LogP contribution >= 0.6 is 0 Å². The van der Waals surface area contributed by atoms with E-state index in [9.17, 15) is 0 Å². The van der Waals surface area contributed by atoms with Gasteiger partial charge in [0.25, 0.3) is 0 Å². The standard InChI is InChI=1S/C43H26O2/c1-4-15-35-31(12-1)32-13-2-5-16-36(32)43(35)37-17-6-8-19-40(37)45-42-26-30(21-23-38(42)43)28-11-9-10-27(24-28)29-20-22-34-33-14-3-7-18-39(33)44-41(34)25-29/h1-26H. The normalized spacial score (nSPS) is 13.7. The fourth-order valence-corrected chi connectivity index (χ4v) is 7.82. The van der Waals surface area contributed by atoms with E-state index in [-0.39, 0.29) is 0 Å². The lowest BCUT2D eigenvalue weighted by Crippen LogP contribution is -2.32. The maximum atomic E-state index is 6.74. The first-order valence-electron chi connectivity index (χ1n) is 15.4. The van der Waals surface area contributed by atoms with E-state index >= 15 is 0 Å². The summed E-state index contributed by atoms with van der Waals surface area (Å²) >= 11 is 0. The molecule has 2 heteroatoms. The Hall–Kier alpha value is -5.86. The van der Waals surface area contributed by atoms with Crippen molar-refractivity contribution in [2.75, 3.05) is 0 Å². The van der Waals surface area contributed by atoms with Gasteiger partial charge < -0.3 is 9.15 Å². The van der Waals surface area contributed by atoms with Gasteiger partial charge in [-0.1, -0.05) is 121 Å². The summed E-state index contributed by atoms with van der Waals surface area (Å²) < 4.78 is 12.9. The predicted molar refractivity (Wildman–Crippen MR) is 182 cm³/mol. The first kappa shape index (κ1) is 24.6. The molecule has 2 heterocycles. The van der Waals surface area contributed by atoms with Crippen molar-refractivity contribution in [1.82, 2.24) is 0 Å². The fourth-order valence-electron chi connectivity index (χ4n) is 7.82. The van der Waals surface area contributed by atoms with Crippen molar-refractivity contribution in [3.63, 3.8) is 0 Å². The van der Waals surface area contributed by atoms with Crippen molar-refractivity contribution < 1.29 is 9.15 Å². The van der Waals surface area contributed by atoms with E-state index in [1.165, 1.54) is 33.4 Å². The van der Waals surface area contributed by atoms with Crippen LogP contribution in [0.2, 0.25) is 0 Å². The average Bonchev–Trinajstić information content (AvgIpc) is 3.62. The van der Waals surface area contributed by atoms with Gasteiger partial charge in [-0.2, -0.15) is 0 Å². The van der Waals surface area contributed by atoms with E-state index in [1.54, 1.807) is 0 Å². The SMILES string of the molecule is c1cc(-c2ccc3c(c2)Oc2ccccc2C32c3ccccc3-c3ccccc32)cc(-c2ccc3c(c2)oc2ccccc23)c1. The Bertz CT molecular complexity index is 2430. The highest BCUT2D eigenvalue weighted by atomic mass is 16.5. The molecule has 0 amide bonds. The molecule has 0 saturated heterocycles. The largest absolute Gasteiger partial charge is 0.457 e. The zero-order chi connectivity index (χ0) is 29.5. The number of rotatable bonds is 2. The molecular weight excluding hydrogens is 548 g/mol. The molecule has 210 valence electrons. The third-order valence-corrected chi connectivity index (χ3v) is 9.76. The smallest absolute Gasteiger partial charge is 0.136 e. The van der Waals surface area contributed by atoms with Crippen molar-refractivity contribution in [3.8, 4) is 44.9 Å². The van der Waals surface area contributed by atoms with Gasteiger partial charge in [0.1, 0.15) is 22.7 Å². The topological polar surface area (TPSA) is 22.4 Å². The lowest BCUT2D eigenvalue weighted by atomic mass is 9.66. The van der Waals surface area contributed by atoms with Gasteiger partial charge in [-0.15, -0.1) is 0 Å². The van der Waals surface area contributed by atoms with Crippen LogP contribution in [0, 0.1) is 0 Å². The average molecular weight is 575 g/mol. The summed E-state index contributed by atoms with van der Waals surface area (Å²) in [5, 5.41) is 2.29. The molecule has 0 saturated carbocycles. The predicted octanol–water partition coefficient (Wildman–Crippen LogP) is 11.4. The van der Waals surface area contributed by atoms with Crippen LogP contribution in [0.25, 0.3) is 55.3 Å². The van der Waals surface area contributed by atoms with Gasteiger partial charge in [-0.25, -0.2) is 0 Å². The number of fused-ring (bicyclic) bond motifs is 12. The minimum absolute atomic E-state index is 0.445. The maximum absolute atomic E-state index is 6.74. The molecule has 45 heavy (non-hydrogen) atoms. The van der Waals surface area contributed by atoms with E-state index in [4.69, 9.17) is 9.15 Å². The Labute approximate surface area is 260 Å². The van der Waals surface area contributed by atoms with Crippen molar-refractivity contribution in [2.45, 2.75) is 5.41 Å². The molecule has 0 unspecified atom stereocenters. The monoisotopic (exact) mass is 574 g/mol. The molecule has 0 atom stereocenters. The molecule has 1 spiro atoms. The molecule has 0 N–H and O–H groups in total. The van der Waals surface area contributed by atoms with E-state index < -0.39 is 5.41 Å². The van der Waals surface area contributed by atoms with Crippen molar-refractivity contribution in [3.05, 3.63) is 180 Å². The van der Waals surface area contributed by atoms with Gasteiger partial charge in [0.2, 0.25) is 0 Å². The van der Waals surface area contributed by atoms with Crippen molar-refractivity contribution >= 4 is 21.9 Å². The third-order valence-electron chi connectivity index (χ3n) is 9.76. The van der Waals surface area contributed by atoms with Gasteiger partial charge >= 0.3 is 0 Å². The summed E-state index contributed by atoms with van der Waals surface area (Å²) in [5.41, 5.74) is 13.5. The van der Waals surface area contributed by atoms with Crippen LogP contribution in [0.15, 0.2) is 162 Å². The summed E-state index contributed by atoms with van der Waals surface area (Å²) in [7, 11) is 0. The highest BCUT2D eigenvalue weighted by Gasteiger charge is 2.50. The van der Waals surface area contributed by atoms with Gasteiger partial charge in [-0.05, 0) is 80.9 Å². The van der Waals surface area contributed by atoms with Gasteiger partial charge in [0.15, 0.2) is 0 Å². The maximum Gasteiger partial charge on any atom is 0.136 e. The Morgan fingerprint density at radius 3 is 1.73 bits per heavy atom. The van der Waals surface area contributed by atoms with E-state index in [0.717, 1.165) is 55.7 Å². The summed E-state index contributed by atoms with van der Waals surface area (Å²) in [5.74, 6) is 1.80. The summed E-state index contributed by atoms with van der Waals surface area (Å²) in [6.07, 6.45) is 0. The third kappa shape index (κ3) is 3.34. The Morgan fingerprint density at radius 2 is 0.933 bits per heavy atom. The van der Waals surface area contributed by atoms with Gasteiger partial charge in [0, 0.05) is 21.9 Å². The summed E-state index contributed by atoms with van der Waals surface area (Å²) in [6.45, 7) is 0. The molecule has 7 aromatic carbocycles. The number of hydrogen-bond acceptors (Lipinski definition) is 2. The van der Waals surface area contributed by atoms with Crippen LogP contribution in [0.1, 0.15) is 22.3 Å². The molecule has 0 bridgehead atoms. The lowest BCUT2D eigenvalue weighted by molar-refractivity contribution is 0.436. The molecule has 10 rings (SSSR count). The van der Waals surface area contributed by atoms with Crippen LogP contribution in [0.3, 0.4) is 0 Å². The highest BCUT2D eigenvalue weighted by molar-refractivity contribution is 6.06. The van der Waals surface area contributed by atoms with Crippen molar-refractivity contribution in [2.24, 2.45) is 0 Å². The molecule has 2 aliphatic rings. The lowest BCUT2D eigenvalue weighted by Gasteiger charge is -2.39. The second-order valence-corrected chi connectivity index (χ2v) is 12.0. The Kier molecular flexibility index (Phi) is 4.95. The van der Waals surface area contributed by atoms with Gasteiger partial charge in [-0.3, -0.25) is 0 Å². The molecule has 2 nitrogen and oxygen atoms in total. The van der Waals surface area contributed by atoms with Gasteiger partial charge in [0.05, 0.1) is 5.41 Å². The van der Waals surface area contributed by atoms with Crippen LogP contribution in [-0.4, -0.2) is 0 Å². The van der Waals surface area contributed by atoms with Crippen LogP contribution in [-0.2, 0) is 5.41 Å². The first-order chi connectivity index (χ1) is 22.3. The Morgan fingerprint density at radius 1 is 0.356 bits per heavy atom. The molecule has 0 radical (unpaired) electrons. The second-order valence-electron chi connectivity index (χ2n) is 12.0. The zero-order valence-electron chi connectivity index (χ0n) is 24.3. The quantitative estimate of drug-likeness (QED) is 0.205. The number of ether oxygens (including phenoxy) is 1. The van der Waals surface area contributed by atoms with Crippen LogP contribution in [0.5, 0.6) is 11.5 Å². The van der Waals surface area contributed by atoms with E-state index in [2.05, 4.69) is 146 Å². The number of furan rings is 1. The summed E-state index contributed by atoms with van der Waals surface area (Å²) in [6, 6.07) is 56.4. The zero-order valence-corrected chi connectivity index (χ0v) is 24.3.